The van der Waals surface area contributed by atoms with Crippen molar-refractivity contribution < 1.29 is 9.47 Å². The fourth-order valence-electron chi connectivity index (χ4n) is 3.39. The van der Waals surface area contributed by atoms with Gasteiger partial charge >= 0.3 is 0 Å². The maximum Gasteiger partial charge on any atom is 0.145 e. The smallest absolute Gasteiger partial charge is 0.145 e. The molecule has 1 aromatic rings. The maximum atomic E-state index is 5.55. The lowest BCUT2D eigenvalue weighted by molar-refractivity contribution is 0.382. The topological polar surface area (TPSA) is 33.7 Å². The minimum Gasteiger partial charge on any atom is -0.497 e. The summed E-state index contributed by atoms with van der Waals surface area (Å²) in [5, 5.41) is 3.61. The van der Waals surface area contributed by atoms with Crippen molar-refractivity contribution in [3.8, 4) is 11.5 Å². The fraction of sp³-hybridized carbons (Fsp3) is 0.600. The standard InChI is InChI=1S/C15H22N2O2/c1-18-11-5-6-14(15(10-11)19-2)17-9-3-4-12-13(17)7-8-16-12/h5-6,10,12-13,16H,3-4,7-9H2,1-2H3. The molecule has 2 aliphatic rings. The molecule has 0 aliphatic carbocycles. The molecule has 0 bridgehead atoms. The molecular weight excluding hydrogens is 240 g/mol. The number of hydrogen-bond donors (Lipinski definition) is 1. The van der Waals surface area contributed by atoms with Crippen LogP contribution in [0.2, 0.25) is 0 Å². The molecule has 4 heteroatoms. The van der Waals surface area contributed by atoms with Crippen LogP contribution in [0.25, 0.3) is 0 Å². The predicted octanol–water partition coefficient (Wildman–Crippen LogP) is 2.03. The van der Waals surface area contributed by atoms with E-state index < -0.39 is 0 Å². The molecule has 0 saturated carbocycles. The molecule has 2 aliphatic heterocycles. The molecule has 1 N–H and O–H groups in total. The van der Waals surface area contributed by atoms with Gasteiger partial charge in [-0.2, -0.15) is 0 Å². The normalized spacial score (nSPS) is 26.1. The van der Waals surface area contributed by atoms with Crippen LogP contribution in [-0.2, 0) is 0 Å². The van der Waals surface area contributed by atoms with Crippen LogP contribution in [0, 0.1) is 0 Å². The summed E-state index contributed by atoms with van der Waals surface area (Å²) in [6.45, 7) is 2.25. The van der Waals surface area contributed by atoms with E-state index in [0.717, 1.165) is 24.6 Å². The Kier molecular flexibility index (Phi) is 3.51. The number of benzene rings is 1. The second-order valence-electron chi connectivity index (χ2n) is 5.29. The number of rotatable bonds is 3. The molecule has 0 amide bonds. The van der Waals surface area contributed by atoms with E-state index >= 15 is 0 Å². The predicted molar refractivity (Wildman–Crippen MR) is 76.3 cm³/mol. The monoisotopic (exact) mass is 262 g/mol. The minimum atomic E-state index is 0.607. The van der Waals surface area contributed by atoms with Crippen molar-refractivity contribution in [3.05, 3.63) is 18.2 Å². The van der Waals surface area contributed by atoms with Gasteiger partial charge in [-0.3, -0.25) is 0 Å². The number of nitrogens with zero attached hydrogens (tertiary/aromatic N) is 1. The fourth-order valence-corrected chi connectivity index (χ4v) is 3.39. The van der Waals surface area contributed by atoms with Gasteiger partial charge in [-0.1, -0.05) is 0 Å². The van der Waals surface area contributed by atoms with Gasteiger partial charge in [0.1, 0.15) is 11.5 Å². The first-order valence-electron chi connectivity index (χ1n) is 7.05. The van der Waals surface area contributed by atoms with E-state index in [0.29, 0.717) is 12.1 Å². The van der Waals surface area contributed by atoms with Crippen LogP contribution in [0.15, 0.2) is 18.2 Å². The van der Waals surface area contributed by atoms with Gasteiger partial charge in [0, 0.05) is 24.7 Å². The molecule has 0 radical (unpaired) electrons. The molecule has 3 rings (SSSR count). The van der Waals surface area contributed by atoms with E-state index in [-0.39, 0.29) is 0 Å². The van der Waals surface area contributed by atoms with Crippen LogP contribution in [0.5, 0.6) is 11.5 Å². The van der Waals surface area contributed by atoms with Crippen LogP contribution in [0.3, 0.4) is 0 Å². The van der Waals surface area contributed by atoms with Gasteiger partial charge in [0.05, 0.1) is 19.9 Å². The van der Waals surface area contributed by atoms with Gasteiger partial charge in [-0.05, 0) is 37.9 Å². The highest BCUT2D eigenvalue weighted by Crippen LogP contribution is 2.37. The highest BCUT2D eigenvalue weighted by atomic mass is 16.5. The summed E-state index contributed by atoms with van der Waals surface area (Å²) in [4.78, 5) is 2.51. The first-order chi connectivity index (χ1) is 9.33. The van der Waals surface area contributed by atoms with Crippen LogP contribution >= 0.6 is 0 Å². The molecule has 2 atom stereocenters. The average Bonchev–Trinajstić information content (AvgIpc) is 2.95. The SMILES string of the molecule is COc1ccc(N2CCCC3NCCC32)c(OC)c1. The van der Waals surface area contributed by atoms with E-state index in [2.05, 4.69) is 16.3 Å². The largest absolute Gasteiger partial charge is 0.497 e. The van der Waals surface area contributed by atoms with Crippen LogP contribution in [0.4, 0.5) is 5.69 Å². The van der Waals surface area contributed by atoms with Crippen molar-refractivity contribution in [2.75, 3.05) is 32.2 Å². The Labute approximate surface area is 114 Å². The minimum absolute atomic E-state index is 0.607. The quantitative estimate of drug-likeness (QED) is 0.904. The molecule has 1 aromatic carbocycles. The Balaban J connectivity index is 1.92. The zero-order valence-corrected chi connectivity index (χ0v) is 11.7. The van der Waals surface area contributed by atoms with Crippen LogP contribution in [-0.4, -0.2) is 39.4 Å². The van der Waals surface area contributed by atoms with E-state index in [4.69, 9.17) is 9.47 Å². The molecular formula is C15H22N2O2. The van der Waals surface area contributed by atoms with Crippen molar-refractivity contribution in [2.45, 2.75) is 31.3 Å². The highest BCUT2D eigenvalue weighted by molar-refractivity contribution is 5.62. The second-order valence-corrected chi connectivity index (χ2v) is 5.29. The number of fused-ring (bicyclic) bond motifs is 1. The zero-order valence-electron chi connectivity index (χ0n) is 11.7. The number of piperidine rings is 1. The molecule has 0 spiro atoms. The van der Waals surface area contributed by atoms with E-state index in [9.17, 15) is 0 Å². The lowest BCUT2D eigenvalue weighted by Gasteiger charge is -2.39. The first-order valence-corrected chi connectivity index (χ1v) is 7.05. The van der Waals surface area contributed by atoms with Gasteiger partial charge in [0.15, 0.2) is 0 Å². The van der Waals surface area contributed by atoms with Crippen molar-refractivity contribution in [2.24, 2.45) is 0 Å². The van der Waals surface area contributed by atoms with Gasteiger partial charge in [-0.25, -0.2) is 0 Å². The Morgan fingerprint density at radius 3 is 2.89 bits per heavy atom. The average molecular weight is 262 g/mol. The zero-order chi connectivity index (χ0) is 13.2. The molecule has 104 valence electrons. The van der Waals surface area contributed by atoms with E-state index in [1.165, 1.54) is 24.9 Å². The number of nitrogens with one attached hydrogen (secondary N) is 1. The third-order valence-electron chi connectivity index (χ3n) is 4.32. The Hall–Kier alpha value is -1.42. The van der Waals surface area contributed by atoms with Crippen molar-refractivity contribution in [1.29, 1.82) is 0 Å². The number of methoxy groups -OCH3 is 2. The molecule has 0 aromatic heterocycles. The first kappa shape index (κ1) is 12.6. The molecule has 2 saturated heterocycles. The number of anilines is 1. The molecule has 4 nitrogen and oxygen atoms in total. The molecule has 2 heterocycles. The molecule has 19 heavy (non-hydrogen) atoms. The lowest BCUT2D eigenvalue weighted by atomic mass is 9.96. The summed E-state index contributed by atoms with van der Waals surface area (Å²) in [6.07, 6.45) is 3.75. The Morgan fingerprint density at radius 2 is 2.11 bits per heavy atom. The number of hydrogen-bond acceptors (Lipinski definition) is 4. The summed E-state index contributed by atoms with van der Waals surface area (Å²) >= 11 is 0. The van der Waals surface area contributed by atoms with Crippen LogP contribution < -0.4 is 19.7 Å². The van der Waals surface area contributed by atoms with E-state index in [1.807, 2.05) is 12.1 Å². The summed E-state index contributed by atoms with van der Waals surface area (Å²) < 4.78 is 10.8. The Morgan fingerprint density at radius 1 is 1.21 bits per heavy atom. The summed E-state index contributed by atoms with van der Waals surface area (Å²) in [7, 11) is 3.42. The van der Waals surface area contributed by atoms with Crippen molar-refractivity contribution in [3.63, 3.8) is 0 Å². The van der Waals surface area contributed by atoms with Gasteiger partial charge in [0.25, 0.3) is 0 Å². The second kappa shape index (κ2) is 5.29. The van der Waals surface area contributed by atoms with E-state index in [1.54, 1.807) is 14.2 Å². The maximum absolute atomic E-state index is 5.55. The third-order valence-corrected chi connectivity index (χ3v) is 4.32. The molecule has 2 fully saturated rings. The van der Waals surface area contributed by atoms with Crippen molar-refractivity contribution >= 4 is 5.69 Å². The molecule has 2 unspecified atom stereocenters. The lowest BCUT2D eigenvalue weighted by Crippen LogP contribution is -2.48. The number of ether oxygens (including phenoxy) is 2. The summed E-state index contributed by atoms with van der Waals surface area (Å²) in [6, 6.07) is 7.36. The summed E-state index contributed by atoms with van der Waals surface area (Å²) in [5.74, 6) is 1.76. The highest BCUT2D eigenvalue weighted by Gasteiger charge is 2.35. The summed E-state index contributed by atoms with van der Waals surface area (Å²) in [5.41, 5.74) is 1.20. The Bertz CT molecular complexity index is 450. The van der Waals surface area contributed by atoms with Crippen LogP contribution in [0.1, 0.15) is 19.3 Å². The van der Waals surface area contributed by atoms with Gasteiger partial charge in [0.2, 0.25) is 0 Å². The van der Waals surface area contributed by atoms with Gasteiger partial charge < -0.3 is 19.7 Å². The van der Waals surface area contributed by atoms with Gasteiger partial charge in [-0.15, -0.1) is 0 Å². The van der Waals surface area contributed by atoms with Crippen molar-refractivity contribution in [1.82, 2.24) is 5.32 Å². The third kappa shape index (κ3) is 2.25.